The van der Waals surface area contributed by atoms with Gasteiger partial charge >= 0.3 is 0 Å². The maximum Gasteiger partial charge on any atom is 0.264 e. The van der Waals surface area contributed by atoms with Crippen LogP contribution in [-0.2, 0) is 5.41 Å². The van der Waals surface area contributed by atoms with Gasteiger partial charge in [-0.15, -0.1) is 0 Å². The summed E-state index contributed by atoms with van der Waals surface area (Å²) in [5.74, 6) is 1.16. The van der Waals surface area contributed by atoms with E-state index in [1.54, 1.807) is 6.92 Å². The van der Waals surface area contributed by atoms with E-state index in [0.717, 1.165) is 32.0 Å². The minimum atomic E-state index is -0.349. The van der Waals surface area contributed by atoms with E-state index >= 15 is 0 Å². The molecule has 1 saturated carbocycles. The lowest BCUT2D eigenvalue weighted by Crippen LogP contribution is -2.40. The Morgan fingerprint density at radius 1 is 1.33 bits per heavy atom. The summed E-state index contributed by atoms with van der Waals surface area (Å²) in [6.07, 6.45) is 3.63. The summed E-state index contributed by atoms with van der Waals surface area (Å²) in [5.41, 5.74) is 0.0312. The fourth-order valence-electron chi connectivity index (χ4n) is 3.25. The number of aromatic nitrogens is 2. The first-order valence-electron chi connectivity index (χ1n) is 8.88. The van der Waals surface area contributed by atoms with Crippen LogP contribution in [0, 0.1) is 12.8 Å². The van der Waals surface area contributed by atoms with Gasteiger partial charge in [-0.05, 0) is 32.1 Å². The molecule has 2 N–H and O–H groups in total. The molecule has 2 heterocycles. The van der Waals surface area contributed by atoms with Gasteiger partial charge in [0, 0.05) is 31.1 Å². The first-order chi connectivity index (χ1) is 11.2. The Kier molecular flexibility index (Phi) is 4.51. The number of likely N-dealkylation sites (tertiary alicyclic amines) is 1. The molecular weight excluding hydrogens is 304 g/mol. The highest BCUT2D eigenvalue weighted by atomic mass is 16.2. The van der Waals surface area contributed by atoms with Crippen LogP contribution in [0.3, 0.4) is 0 Å². The van der Waals surface area contributed by atoms with Crippen LogP contribution in [0.4, 0.5) is 0 Å². The number of aryl methyl sites for hydroxylation is 1. The molecule has 0 radical (unpaired) electrons. The third-order valence-electron chi connectivity index (χ3n) is 4.86. The molecule has 2 aliphatic rings. The van der Waals surface area contributed by atoms with Gasteiger partial charge in [-0.2, -0.15) is 0 Å². The normalized spacial score (nSPS) is 21.9. The average Bonchev–Trinajstić information content (AvgIpc) is 3.16. The Balaban J connectivity index is 1.68. The number of carbonyl (C=O) groups is 1. The number of nitrogens with zero attached hydrogens (tertiary/aromatic N) is 2. The van der Waals surface area contributed by atoms with Crippen LogP contribution in [0.2, 0.25) is 0 Å². The number of amides is 1. The molecule has 1 amide bonds. The molecule has 0 bridgehead atoms. The number of nitrogens with one attached hydrogen (secondary N) is 2. The van der Waals surface area contributed by atoms with E-state index in [1.165, 1.54) is 12.8 Å². The molecule has 0 spiro atoms. The predicted molar refractivity (Wildman–Crippen MR) is 93.3 cm³/mol. The number of hydrogen-bond acceptors (Lipinski definition) is 4. The highest BCUT2D eigenvalue weighted by molar-refractivity contribution is 5.95. The highest BCUT2D eigenvalue weighted by Crippen LogP contribution is 2.30. The Morgan fingerprint density at radius 3 is 2.62 bits per heavy atom. The minimum Gasteiger partial charge on any atom is -0.348 e. The standard InChI is InChI=1S/C18H28N4O2/c1-11-14(16(24)21-17(19-11)18(2,3)4)15(23)20-13-7-8-22(10-13)9-12-5-6-12/h12-13H,5-10H2,1-4H3,(H,20,23)(H,19,21,24)/t13-/m1/s1. The Labute approximate surface area is 143 Å². The lowest BCUT2D eigenvalue weighted by atomic mass is 9.95. The zero-order chi connectivity index (χ0) is 17.5. The topological polar surface area (TPSA) is 78.1 Å². The molecule has 6 nitrogen and oxygen atoms in total. The number of H-pyrrole nitrogens is 1. The average molecular weight is 332 g/mol. The molecule has 132 valence electrons. The smallest absolute Gasteiger partial charge is 0.264 e. The van der Waals surface area contributed by atoms with Crippen molar-refractivity contribution in [3.63, 3.8) is 0 Å². The number of rotatable bonds is 4. The van der Waals surface area contributed by atoms with Crippen molar-refractivity contribution in [3.05, 3.63) is 27.4 Å². The summed E-state index contributed by atoms with van der Waals surface area (Å²) in [4.78, 5) is 34.6. The SMILES string of the molecule is Cc1nc(C(C)(C)C)[nH]c(=O)c1C(=O)N[C@@H]1CCN(CC2CC2)C1. The van der Waals surface area contributed by atoms with Crippen LogP contribution in [0.1, 0.15) is 61.9 Å². The third-order valence-corrected chi connectivity index (χ3v) is 4.86. The molecular formula is C18H28N4O2. The molecule has 1 aliphatic heterocycles. The Hall–Kier alpha value is -1.69. The van der Waals surface area contributed by atoms with Crippen LogP contribution in [0.15, 0.2) is 4.79 Å². The van der Waals surface area contributed by atoms with Gasteiger partial charge in [0.1, 0.15) is 11.4 Å². The van der Waals surface area contributed by atoms with Gasteiger partial charge in [0.25, 0.3) is 11.5 Å². The zero-order valence-corrected chi connectivity index (χ0v) is 15.1. The van der Waals surface area contributed by atoms with E-state index in [4.69, 9.17) is 0 Å². The number of carbonyl (C=O) groups excluding carboxylic acids is 1. The summed E-state index contributed by atoms with van der Waals surface area (Å²) in [6.45, 7) is 10.7. The molecule has 24 heavy (non-hydrogen) atoms. The lowest BCUT2D eigenvalue weighted by molar-refractivity contribution is 0.0934. The van der Waals surface area contributed by atoms with E-state index < -0.39 is 0 Å². The molecule has 1 aliphatic carbocycles. The van der Waals surface area contributed by atoms with E-state index in [2.05, 4.69) is 20.2 Å². The van der Waals surface area contributed by atoms with Crippen LogP contribution in [0.5, 0.6) is 0 Å². The fourth-order valence-corrected chi connectivity index (χ4v) is 3.25. The monoisotopic (exact) mass is 332 g/mol. The molecule has 1 aromatic rings. The fraction of sp³-hybridized carbons (Fsp3) is 0.722. The van der Waals surface area contributed by atoms with Crippen molar-refractivity contribution in [2.75, 3.05) is 19.6 Å². The maximum atomic E-state index is 12.6. The van der Waals surface area contributed by atoms with E-state index in [-0.39, 0.29) is 28.5 Å². The first kappa shape index (κ1) is 17.1. The van der Waals surface area contributed by atoms with Crippen LogP contribution >= 0.6 is 0 Å². The van der Waals surface area contributed by atoms with Crippen LogP contribution in [0.25, 0.3) is 0 Å². The minimum absolute atomic E-state index is 0.123. The third kappa shape index (κ3) is 3.86. The van der Waals surface area contributed by atoms with Crippen LogP contribution in [-0.4, -0.2) is 46.5 Å². The second-order valence-electron chi connectivity index (χ2n) is 8.29. The molecule has 0 aromatic carbocycles. The molecule has 6 heteroatoms. The second-order valence-corrected chi connectivity index (χ2v) is 8.29. The van der Waals surface area contributed by atoms with Crippen molar-refractivity contribution in [2.24, 2.45) is 5.92 Å². The van der Waals surface area contributed by atoms with Gasteiger partial charge in [-0.25, -0.2) is 4.98 Å². The van der Waals surface area contributed by atoms with Crippen molar-refractivity contribution in [1.29, 1.82) is 0 Å². The van der Waals surface area contributed by atoms with E-state index in [9.17, 15) is 9.59 Å². The highest BCUT2D eigenvalue weighted by Gasteiger charge is 2.30. The van der Waals surface area contributed by atoms with Gasteiger partial charge in [0.15, 0.2) is 0 Å². The molecule has 1 saturated heterocycles. The molecule has 1 aromatic heterocycles. The van der Waals surface area contributed by atoms with Crippen molar-refractivity contribution < 1.29 is 4.79 Å². The molecule has 3 rings (SSSR count). The summed E-state index contributed by atoms with van der Waals surface area (Å²) in [5, 5.41) is 3.02. The van der Waals surface area contributed by atoms with Gasteiger partial charge in [0.05, 0.1) is 5.69 Å². The number of aromatic amines is 1. The van der Waals surface area contributed by atoms with Gasteiger partial charge in [0.2, 0.25) is 0 Å². The van der Waals surface area contributed by atoms with E-state index in [0.29, 0.717) is 11.5 Å². The summed E-state index contributed by atoms with van der Waals surface area (Å²) >= 11 is 0. The van der Waals surface area contributed by atoms with Gasteiger partial charge in [-0.3, -0.25) is 9.59 Å². The lowest BCUT2D eigenvalue weighted by Gasteiger charge is -2.19. The molecule has 0 unspecified atom stereocenters. The van der Waals surface area contributed by atoms with Crippen LogP contribution < -0.4 is 10.9 Å². The van der Waals surface area contributed by atoms with Crippen molar-refractivity contribution in [3.8, 4) is 0 Å². The zero-order valence-electron chi connectivity index (χ0n) is 15.1. The van der Waals surface area contributed by atoms with Crippen molar-refractivity contribution in [2.45, 2.75) is 58.4 Å². The Morgan fingerprint density at radius 2 is 2.04 bits per heavy atom. The second kappa shape index (κ2) is 6.31. The predicted octanol–water partition coefficient (Wildman–Crippen LogP) is 1.59. The van der Waals surface area contributed by atoms with Crippen molar-refractivity contribution >= 4 is 5.91 Å². The summed E-state index contributed by atoms with van der Waals surface area (Å²) in [7, 11) is 0. The number of hydrogen-bond donors (Lipinski definition) is 2. The molecule has 1 atom stereocenters. The largest absolute Gasteiger partial charge is 0.348 e. The molecule has 2 fully saturated rings. The van der Waals surface area contributed by atoms with Gasteiger partial charge < -0.3 is 15.2 Å². The Bertz CT molecular complexity index is 685. The summed E-state index contributed by atoms with van der Waals surface area (Å²) < 4.78 is 0. The first-order valence-corrected chi connectivity index (χ1v) is 8.88. The maximum absolute atomic E-state index is 12.6. The van der Waals surface area contributed by atoms with E-state index in [1.807, 2.05) is 20.8 Å². The quantitative estimate of drug-likeness (QED) is 0.878. The summed E-state index contributed by atoms with van der Waals surface area (Å²) in [6, 6.07) is 0.123. The van der Waals surface area contributed by atoms with Gasteiger partial charge in [-0.1, -0.05) is 20.8 Å². The van der Waals surface area contributed by atoms with Crippen molar-refractivity contribution in [1.82, 2.24) is 20.2 Å².